The van der Waals surface area contributed by atoms with Gasteiger partial charge in [0, 0.05) is 17.2 Å². The fourth-order valence-corrected chi connectivity index (χ4v) is 6.98. The number of aromatic nitrogens is 1. The molecule has 192 valence electrons. The highest BCUT2D eigenvalue weighted by molar-refractivity contribution is 6.07. The molecule has 1 aliphatic heterocycles. The molecule has 0 saturated heterocycles. The molecule has 5 aromatic carbocycles. The number of nitrogens with zero attached hydrogens (tertiary/aromatic N) is 2. The molecule has 2 aliphatic carbocycles. The summed E-state index contributed by atoms with van der Waals surface area (Å²) in [4.78, 5) is 9.97. The molecular formula is C39H26N2. The summed E-state index contributed by atoms with van der Waals surface area (Å²) in [6, 6.07) is 31.2. The Balaban J connectivity index is 1.30. The van der Waals surface area contributed by atoms with Gasteiger partial charge in [-0.1, -0.05) is 109 Å². The van der Waals surface area contributed by atoms with Crippen molar-refractivity contribution in [3.8, 4) is 22.4 Å². The molecule has 3 aliphatic rings. The van der Waals surface area contributed by atoms with E-state index in [9.17, 15) is 0 Å². The molecule has 2 bridgehead atoms. The lowest BCUT2D eigenvalue weighted by Gasteiger charge is -2.16. The zero-order valence-corrected chi connectivity index (χ0v) is 22.6. The topological polar surface area (TPSA) is 25.2 Å². The lowest BCUT2D eigenvalue weighted by molar-refractivity contribution is 1.03. The summed E-state index contributed by atoms with van der Waals surface area (Å²) in [5.41, 5.74) is 10.8. The normalized spacial score (nSPS) is 14.9. The van der Waals surface area contributed by atoms with Gasteiger partial charge >= 0.3 is 0 Å². The first kappa shape index (κ1) is 22.7. The Labute approximate surface area is 238 Å². The molecule has 2 nitrogen and oxygen atoms in total. The predicted octanol–water partition coefficient (Wildman–Crippen LogP) is 8.14. The third kappa shape index (κ3) is 3.44. The molecule has 0 amide bonds. The zero-order valence-electron chi connectivity index (χ0n) is 22.6. The molecule has 9 rings (SSSR count). The van der Waals surface area contributed by atoms with E-state index in [1.807, 2.05) is 6.21 Å². The second-order valence-corrected chi connectivity index (χ2v) is 11.3. The minimum Gasteiger partial charge on any atom is -0.259 e. The third-order valence-corrected chi connectivity index (χ3v) is 8.97. The molecule has 6 aromatic rings. The minimum absolute atomic E-state index is 0.966. The number of hydrogen-bond donors (Lipinski definition) is 0. The molecule has 41 heavy (non-hydrogen) atoms. The van der Waals surface area contributed by atoms with Crippen molar-refractivity contribution in [3.63, 3.8) is 0 Å². The van der Waals surface area contributed by atoms with E-state index < -0.39 is 0 Å². The summed E-state index contributed by atoms with van der Waals surface area (Å²) in [6.07, 6.45) is 16.3. The maximum atomic E-state index is 5.22. The van der Waals surface area contributed by atoms with Crippen molar-refractivity contribution >= 4 is 56.5 Å². The average Bonchev–Trinajstić information content (AvgIpc) is 3.37. The molecular weight excluding hydrogens is 496 g/mol. The van der Waals surface area contributed by atoms with E-state index in [0.29, 0.717) is 0 Å². The van der Waals surface area contributed by atoms with Gasteiger partial charge in [-0.2, -0.15) is 0 Å². The van der Waals surface area contributed by atoms with Crippen molar-refractivity contribution in [2.75, 3.05) is 0 Å². The first-order valence-corrected chi connectivity index (χ1v) is 14.4. The molecule has 0 fully saturated rings. The van der Waals surface area contributed by atoms with Gasteiger partial charge < -0.3 is 0 Å². The Bertz CT molecular complexity index is 2330. The SMILES string of the molecule is C1=CC2=CC=c3c(-c4ccc(-c5ccc6ccc7c(c6n5)N=CCC7)c5ccccc45)ccc4ccc(c(c34)C2)=C1. The number of pyridine rings is 1. The largest absolute Gasteiger partial charge is 0.259 e. The number of aliphatic imine (C=N–C) groups is 1. The standard InChI is InChI=1S/C39H26N2/c1-2-9-30-29(8-1)31(19-20-33(30)36-21-16-28-14-13-27-7-4-22-40-38(27)39(28)41-36)32-18-15-26-12-11-25-6-3-5-24-10-17-34(32)37(26)35(25)23-24/h1-3,5-6,8-22H,4,7,23H2. The van der Waals surface area contributed by atoms with Crippen LogP contribution >= 0.6 is 0 Å². The van der Waals surface area contributed by atoms with Crippen molar-refractivity contribution in [1.29, 1.82) is 0 Å². The fourth-order valence-electron chi connectivity index (χ4n) is 6.98. The van der Waals surface area contributed by atoms with E-state index in [2.05, 4.69) is 115 Å². The number of benzene rings is 5. The summed E-state index contributed by atoms with van der Waals surface area (Å²) >= 11 is 0. The van der Waals surface area contributed by atoms with Crippen LogP contribution in [0.25, 0.3) is 67.0 Å². The summed E-state index contributed by atoms with van der Waals surface area (Å²) in [5.74, 6) is 0. The van der Waals surface area contributed by atoms with Crippen LogP contribution in [0, 0.1) is 0 Å². The molecule has 0 atom stereocenters. The van der Waals surface area contributed by atoms with Crippen LogP contribution in [-0.4, -0.2) is 11.2 Å². The first-order valence-electron chi connectivity index (χ1n) is 14.4. The van der Waals surface area contributed by atoms with E-state index in [4.69, 9.17) is 9.98 Å². The van der Waals surface area contributed by atoms with Crippen LogP contribution in [0.15, 0.2) is 114 Å². The Kier molecular flexibility index (Phi) is 4.82. The Morgan fingerprint density at radius 3 is 2.41 bits per heavy atom. The van der Waals surface area contributed by atoms with Crippen LogP contribution < -0.4 is 10.4 Å². The molecule has 2 heterocycles. The fraction of sp³-hybridized carbons (Fsp3) is 0.0769. The Hall–Kier alpha value is -5.08. The number of fused-ring (bicyclic) bond motifs is 5. The summed E-state index contributed by atoms with van der Waals surface area (Å²) < 4.78 is 0. The second-order valence-electron chi connectivity index (χ2n) is 11.3. The predicted molar refractivity (Wildman–Crippen MR) is 173 cm³/mol. The molecule has 1 aromatic heterocycles. The highest BCUT2D eigenvalue weighted by atomic mass is 14.8. The molecule has 0 saturated carbocycles. The maximum absolute atomic E-state index is 5.22. The van der Waals surface area contributed by atoms with E-state index in [1.54, 1.807) is 0 Å². The summed E-state index contributed by atoms with van der Waals surface area (Å²) in [6.45, 7) is 0. The number of allylic oxidation sites excluding steroid dienone is 4. The van der Waals surface area contributed by atoms with Gasteiger partial charge in [-0.15, -0.1) is 0 Å². The molecule has 2 heteroatoms. The van der Waals surface area contributed by atoms with Gasteiger partial charge in [0.2, 0.25) is 0 Å². The van der Waals surface area contributed by atoms with E-state index in [0.717, 1.165) is 47.1 Å². The molecule has 0 radical (unpaired) electrons. The van der Waals surface area contributed by atoms with Crippen LogP contribution in [0.4, 0.5) is 5.69 Å². The molecule has 0 unspecified atom stereocenters. The van der Waals surface area contributed by atoms with Crippen LogP contribution in [0.3, 0.4) is 0 Å². The van der Waals surface area contributed by atoms with Crippen LogP contribution in [-0.2, 0) is 12.8 Å². The molecule has 0 N–H and O–H groups in total. The lowest BCUT2D eigenvalue weighted by atomic mass is 9.89. The third-order valence-electron chi connectivity index (χ3n) is 8.97. The maximum Gasteiger partial charge on any atom is 0.0968 e. The van der Waals surface area contributed by atoms with Crippen LogP contribution in [0.1, 0.15) is 17.5 Å². The Morgan fingerprint density at radius 2 is 1.46 bits per heavy atom. The van der Waals surface area contributed by atoms with E-state index >= 15 is 0 Å². The van der Waals surface area contributed by atoms with Crippen molar-refractivity contribution in [2.45, 2.75) is 19.3 Å². The van der Waals surface area contributed by atoms with Crippen molar-refractivity contribution in [2.24, 2.45) is 4.99 Å². The van der Waals surface area contributed by atoms with Crippen LogP contribution in [0.5, 0.6) is 0 Å². The van der Waals surface area contributed by atoms with Crippen molar-refractivity contribution in [1.82, 2.24) is 4.98 Å². The quantitative estimate of drug-likeness (QED) is 0.225. The second kappa shape index (κ2) is 8.71. The first-order chi connectivity index (χ1) is 20.3. The van der Waals surface area contributed by atoms with Crippen molar-refractivity contribution in [3.05, 3.63) is 130 Å². The van der Waals surface area contributed by atoms with Gasteiger partial charge in [0.25, 0.3) is 0 Å². The minimum atomic E-state index is 0.966. The molecule has 0 spiro atoms. The average molecular weight is 523 g/mol. The van der Waals surface area contributed by atoms with Gasteiger partial charge in [-0.05, 0) is 85.1 Å². The zero-order chi connectivity index (χ0) is 26.9. The smallest absolute Gasteiger partial charge is 0.0968 e. The Morgan fingerprint density at radius 1 is 0.659 bits per heavy atom. The monoisotopic (exact) mass is 522 g/mol. The highest BCUT2D eigenvalue weighted by Crippen LogP contribution is 2.38. The van der Waals surface area contributed by atoms with Gasteiger partial charge in [0.15, 0.2) is 0 Å². The number of hydrogen-bond acceptors (Lipinski definition) is 2. The highest BCUT2D eigenvalue weighted by Gasteiger charge is 2.17. The summed E-state index contributed by atoms with van der Waals surface area (Å²) in [7, 11) is 0. The van der Waals surface area contributed by atoms with Gasteiger partial charge in [-0.25, -0.2) is 4.98 Å². The van der Waals surface area contributed by atoms with Gasteiger partial charge in [0.1, 0.15) is 0 Å². The van der Waals surface area contributed by atoms with E-state index in [-0.39, 0.29) is 0 Å². The van der Waals surface area contributed by atoms with Gasteiger partial charge in [-0.3, -0.25) is 4.99 Å². The van der Waals surface area contributed by atoms with Gasteiger partial charge in [0.05, 0.1) is 16.9 Å². The summed E-state index contributed by atoms with van der Waals surface area (Å²) in [5, 5.41) is 8.90. The van der Waals surface area contributed by atoms with Crippen molar-refractivity contribution < 1.29 is 0 Å². The number of aryl methyl sites for hydroxylation is 1. The lowest BCUT2D eigenvalue weighted by Crippen LogP contribution is -2.15. The number of rotatable bonds is 2. The van der Waals surface area contributed by atoms with E-state index in [1.165, 1.54) is 59.8 Å². The van der Waals surface area contributed by atoms with Crippen LogP contribution in [0.2, 0.25) is 0 Å².